The molecule has 0 aliphatic carbocycles. The van der Waals surface area contributed by atoms with Gasteiger partial charge in [0.15, 0.2) is 0 Å². The fourth-order valence-corrected chi connectivity index (χ4v) is 0.735. The predicted octanol–water partition coefficient (Wildman–Crippen LogP) is 1.22. The first kappa shape index (κ1) is 12.9. The summed E-state index contributed by atoms with van der Waals surface area (Å²) in [7, 11) is 1.51. The van der Waals surface area contributed by atoms with Crippen molar-refractivity contribution >= 4 is 12.4 Å². The SMILES string of the molecule is C/N=C\N(C(=O)OC(C)(C)C)C(C)O. The summed E-state index contributed by atoms with van der Waals surface area (Å²) in [6.07, 6.45) is -0.328. The van der Waals surface area contributed by atoms with E-state index in [9.17, 15) is 9.90 Å². The van der Waals surface area contributed by atoms with Crippen LogP contribution in [0.4, 0.5) is 4.79 Å². The van der Waals surface area contributed by atoms with E-state index < -0.39 is 17.9 Å². The zero-order valence-electron chi connectivity index (χ0n) is 9.31. The zero-order chi connectivity index (χ0) is 11.4. The Balaban J connectivity index is 4.46. The minimum atomic E-state index is -0.950. The molecule has 0 saturated carbocycles. The van der Waals surface area contributed by atoms with Gasteiger partial charge in [0.05, 0.1) is 6.34 Å². The highest BCUT2D eigenvalue weighted by molar-refractivity contribution is 5.82. The summed E-state index contributed by atoms with van der Waals surface area (Å²) in [6.45, 7) is 6.74. The van der Waals surface area contributed by atoms with Crippen LogP contribution in [-0.2, 0) is 4.74 Å². The van der Waals surface area contributed by atoms with Crippen molar-refractivity contribution < 1.29 is 14.6 Å². The van der Waals surface area contributed by atoms with E-state index in [1.807, 2.05) is 0 Å². The standard InChI is InChI=1S/C9H18N2O3/c1-7(12)11(6-10-5)8(13)14-9(2,3)4/h6-7,12H,1-5H3/b10-6-. The minimum absolute atomic E-state index is 0.578. The number of carbonyl (C=O) groups is 1. The van der Waals surface area contributed by atoms with E-state index in [0.717, 1.165) is 4.90 Å². The monoisotopic (exact) mass is 202 g/mol. The third kappa shape index (κ3) is 4.81. The van der Waals surface area contributed by atoms with Gasteiger partial charge in [-0.1, -0.05) is 0 Å². The second kappa shape index (κ2) is 4.95. The number of nitrogens with zero attached hydrogens (tertiary/aromatic N) is 2. The zero-order valence-corrected chi connectivity index (χ0v) is 9.31. The molecule has 0 spiro atoms. The molecule has 1 N–H and O–H groups in total. The van der Waals surface area contributed by atoms with Crippen LogP contribution in [0.15, 0.2) is 4.99 Å². The van der Waals surface area contributed by atoms with Gasteiger partial charge in [-0.2, -0.15) is 0 Å². The molecule has 0 aromatic rings. The molecule has 0 aromatic heterocycles. The molecule has 0 radical (unpaired) electrons. The molecule has 0 aromatic carbocycles. The second-order valence-electron chi connectivity index (χ2n) is 3.89. The van der Waals surface area contributed by atoms with Gasteiger partial charge in [-0.25, -0.2) is 9.69 Å². The largest absolute Gasteiger partial charge is 0.443 e. The quantitative estimate of drug-likeness (QED) is 0.416. The highest BCUT2D eigenvalue weighted by Gasteiger charge is 2.23. The van der Waals surface area contributed by atoms with Gasteiger partial charge in [-0.15, -0.1) is 0 Å². The highest BCUT2D eigenvalue weighted by atomic mass is 16.6. The van der Waals surface area contributed by atoms with Crippen LogP contribution in [0.1, 0.15) is 27.7 Å². The van der Waals surface area contributed by atoms with Crippen LogP contribution in [0, 0.1) is 0 Å². The van der Waals surface area contributed by atoms with Crippen LogP contribution >= 0.6 is 0 Å². The van der Waals surface area contributed by atoms with Gasteiger partial charge in [-0.3, -0.25) is 4.99 Å². The molecule has 0 fully saturated rings. The molecule has 1 unspecified atom stereocenters. The molecule has 5 nitrogen and oxygen atoms in total. The Bertz CT molecular complexity index is 219. The minimum Gasteiger partial charge on any atom is -0.443 e. The van der Waals surface area contributed by atoms with Gasteiger partial charge in [0.1, 0.15) is 11.8 Å². The van der Waals surface area contributed by atoms with Crippen molar-refractivity contribution in [2.75, 3.05) is 7.05 Å². The Kier molecular flexibility index (Phi) is 4.56. The Morgan fingerprint density at radius 2 is 2.07 bits per heavy atom. The number of ether oxygens (including phenoxy) is 1. The number of carbonyl (C=O) groups excluding carboxylic acids is 1. The fraction of sp³-hybridized carbons (Fsp3) is 0.778. The van der Waals surface area contributed by atoms with Crippen LogP contribution in [-0.4, -0.2) is 41.3 Å². The molecule has 0 rings (SSSR count). The van der Waals surface area contributed by atoms with E-state index in [1.165, 1.54) is 20.3 Å². The molecule has 0 aliphatic heterocycles. The van der Waals surface area contributed by atoms with Crippen LogP contribution in [0.5, 0.6) is 0 Å². The van der Waals surface area contributed by atoms with Crippen LogP contribution in [0.3, 0.4) is 0 Å². The number of aliphatic imine (C=N–C) groups is 1. The van der Waals surface area contributed by atoms with E-state index in [4.69, 9.17) is 4.74 Å². The molecule has 14 heavy (non-hydrogen) atoms. The first-order valence-corrected chi connectivity index (χ1v) is 4.39. The lowest BCUT2D eigenvalue weighted by molar-refractivity contribution is 0.00470. The summed E-state index contributed by atoms with van der Waals surface area (Å²) in [5.74, 6) is 0. The van der Waals surface area contributed by atoms with E-state index in [1.54, 1.807) is 20.8 Å². The lowest BCUT2D eigenvalue weighted by Crippen LogP contribution is -2.41. The average molecular weight is 202 g/mol. The predicted molar refractivity (Wildman–Crippen MR) is 54.2 cm³/mol. The summed E-state index contributed by atoms with van der Waals surface area (Å²) < 4.78 is 5.05. The highest BCUT2D eigenvalue weighted by Crippen LogP contribution is 2.10. The molecule has 0 bridgehead atoms. The van der Waals surface area contributed by atoms with Crippen molar-refractivity contribution in [3.8, 4) is 0 Å². The molecule has 1 atom stereocenters. The summed E-state index contributed by atoms with van der Waals surface area (Å²) >= 11 is 0. The van der Waals surface area contributed by atoms with Crippen LogP contribution in [0.25, 0.3) is 0 Å². The molecular weight excluding hydrogens is 184 g/mol. The van der Waals surface area contributed by atoms with E-state index in [2.05, 4.69) is 4.99 Å². The Morgan fingerprint density at radius 3 is 2.36 bits per heavy atom. The third-order valence-corrected chi connectivity index (χ3v) is 1.25. The number of amides is 1. The van der Waals surface area contributed by atoms with Crippen molar-refractivity contribution in [2.24, 2.45) is 4.99 Å². The number of aliphatic hydroxyl groups excluding tert-OH is 1. The number of hydrogen-bond donors (Lipinski definition) is 1. The lowest BCUT2D eigenvalue weighted by Gasteiger charge is -2.26. The topological polar surface area (TPSA) is 62.1 Å². The van der Waals surface area contributed by atoms with Gasteiger partial charge < -0.3 is 9.84 Å². The van der Waals surface area contributed by atoms with Crippen molar-refractivity contribution in [1.29, 1.82) is 0 Å². The number of aliphatic hydroxyl groups is 1. The van der Waals surface area contributed by atoms with Crippen molar-refractivity contribution in [3.63, 3.8) is 0 Å². The molecule has 1 amide bonds. The number of rotatable bonds is 2. The van der Waals surface area contributed by atoms with Crippen LogP contribution < -0.4 is 0 Å². The van der Waals surface area contributed by atoms with Crippen molar-refractivity contribution in [3.05, 3.63) is 0 Å². The molecule has 0 saturated heterocycles. The number of hydrogen-bond acceptors (Lipinski definition) is 4. The van der Waals surface area contributed by atoms with Gasteiger partial charge in [0.25, 0.3) is 0 Å². The molecule has 82 valence electrons. The first-order chi connectivity index (χ1) is 6.28. The normalized spacial score (nSPS) is 14.1. The summed E-state index contributed by atoms with van der Waals surface area (Å²) in [5, 5.41) is 9.24. The first-order valence-electron chi connectivity index (χ1n) is 4.39. The van der Waals surface area contributed by atoms with Crippen LogP contribution in [0.2, 0.25) is 0 Å². The van der Waals surface area contributed by atoms with Gasteiger partial charge >= 0.3 is 6.09 Å². The van der Waals surface area contributed by atoms with Gasteiger partial charge in [0.2, 0.25) is 0 Å². The maximum atomic E-state index is 11.4. The summed E-state index contributed by atoms with van der Waals surface area (Å²) in [5.41, 5.74) is -0.578. The summed E-state index contributed by atoms with van der Waals surface area (Å²) in [4.78, 5) is 16.1. The van der Waals surface area contributed by atoms with E-state index in [-0.39, 0.29) is 0 Å². The molecule has 5 heteroatoms. The Morgan fingerprint density at radius 1 is 1.57 bits per heavy atom. The fourth-order valence-electron chi connectivity index (χ4n) is 0.735. The molecule has 0 heterocycles. The van der Waals surface area contributed by atoms with E-state index >= 15 is 0 Å². The third-order valence-electron chi connectivity index (χ3n) is 1.25. The Hall–Kier alpha value is -1.10. The maximum absolute atomic E-state index is 11.4. The van der Waals surface area contributed by atoms with Crippen molar-refractivity contribution in [1.82, 2.24) is 4.90 Å². The van der Waals surface area contributed by atoms with Gasteiger partial charge in [-0.05, 0) is 27.7 Å². The lowest BCUT2D eigenvalue weighted by atomic mass is 10.2. The van der Waals surface area contributed by atoms with Gasteiger partial charge in [0, 0.05) is 7.05 Å². The summed E-state index contributed by atoms with van der Waals surface area (Å²) in [6, 6.07) is 0. The molecule has 0 aliphatic rings. The van der Waals surface area contributed by atoms with Crippen molar-refractivity contribution in [2.45, 2.75) is 39.5 Å². The smallest absolute Gasteiger partial charge is 0.417 e. The Labute approximate surface area is 84.4 Å². The van der Waals surface area contributed by atoms with E-state index in [0.29, 0.717) is 0 Å². The average Bonchev–Trinajstić information content (AvgIpc) is 1.95. The molecular formula is C9H18N2O3. The second-order valence-corrected chi connectivity index (χ2v) is 3.89. The maximum Gasteiger partial charge on any atom is 0.417 e.